The molecule has 1 aliphatic rings. The highest BCUT2D eigenvalue weighted by Gasteiger charge is 2.14. The molecule has 1 fully saturated rings. The second kappa shape index (κ2) is 5.88. The fraction of sp³-hybridized carbons (Fsp3) is 0.529. The second-order valence-corrected chi connectivity index (χ2v) is 5.87. The quantitative estimate of drug-likeness (QED) is 0.873. The maximum absolute atomic E-state index is 5.38. The Kier molecular flexibility index (Phi) is 3.97. The Bertz CT molecular complexity index is 582. The van der Waals surface area contributed by atoms with Crippen LogP contribution in [-0.4, -0.2) is 24.7 Å². The van der Waals surface area contributed by atoms with Gasteiger partial charge in [0, 0.05) is 23.1 Å². The van der Waals surface area contributed by atoms with Crippen LogP contribution >= 0.6 is 0 Å². The fourth-order valence-electron chi connectivity index (χ4n) is 3.30. The average molecular weight is 272 g/mol. The van der Waals surface area contributed by atoms with Gasteiger partial charge in [-0.1, -0.05) is 12.8 Å². The lowest BCUT2D eigenvalue weighted by Crippen LogP contribution is -2.27. The zero-order valence-electron chi connectivity index (χ0n) is 12.5. The van der Waals surface area contributed by atoms with Gasteiger partial charge in [0.05, 0.1) is 7.11 Å². The Labute approximate surface area is 120 Å². The number of ether oxygens (including phenoxy) is 1. The Morgan fingerprint density at radius 2 is 2.10 bits per heavy atom. The van der Waals surface area contributed by atoms with Gasteiger partial charge in [-0.15, -0.1) is 0 Å². The van der Waals surface area contributed by atoms with Crippen LogP contribution in [0.25, 0.3) is 10.9 Å². The largest absolute Gasteiger partial charge is 0.497 e. The lowest BCUT2D eigenvalue weighted by molar-refractivity contribution is 0.415. The molecule has 3 nitrogen and oxygen atoms in total. The normalized spacial score (nSPS) is 16.1. The molecule has 1 heterocycles. The lowest BCUT2D eigenvalue weighted by Gasteiger charge is -2.11. The zero-order chi connectivity index (χ0) is 13.9. The molecular formula is C17H24N2O. The van der Waals surface area contributed by atoms with E-state index in [2.05, 4.69) is 35.6 Å². The number of aromatic amines is 1. The molecule has 2 aromatic rings. The van der Waals surface area contributed by atoms with Gasteiger partial charge >= 0.3 is 0 Å². The number of nitrogens with one attached hydrogen (secondary N) is 2. The first-order chi connectivity index (χ1) is 9.78. The lowest BCUT2D eigenvalue weighted by atomic mass is 10.1. The van der Waals surface area contributed by atoms with Crippen molar-refractivity contribution < 1.29 is 4.74 Å². The summed E-state index contributed by atoms with van der Waals surface area (Å²) in [5, 5.41) is 4.98. The molecule has 0 spiro atoms. The molecule has 1 aliphatic carbocycles. The van der Waals surface area contributed by atoms with Gasteiger partial charge in [0.2, 0.25) is 0 Å². The van der Waals surface area contributed by atoms with Crippen LogP contribution in [-0.2, 0) is 6.42 Å². The van der Waals surface area contributed by atoms with Crippen molar-refractivity contribution in [1.29, 1.82) is 0 Å². The minimum Gasteiger partial charge on any atom is -0.497 e. The SMILES string of the molecule is COc1cc(C)c2[nH]cc(CCNC3CCCC3)c2c1. The van der Waals surface area contributed by atoms with Crippen molar-refractivity contribution in [3.8, 4) is 5.75 Å². The molecule has 108 valence electrons. The van der Waals surface area contributed by atoms with Crippen LogP contribution < -0.4 is 10.1 Å². The van der Waals surface area contributed by atoms with Crippen LogP contribution in [0.1, 0.15) is 36.8 Å². The highest BCUT2D eigenvalue weighted by Crippen LogP contribution is 2.27. The Hall–Kier alpha value is -1.48. The van der Waals surface area contributed by atoms with Gasteiger partial charge in [-0.05, 0) is 56.0 Å². The topological polar surface area (TPSA) is 37.0 Å². The summed E-state index contributed by atoms with van der Waals surface area (Å²) in [5.41, 5.74) is 3.86. The summed E-state index contributed by atoms with van der Waals surface area (Å²) in [4.78, 5) is 3.40. The zero-order valence-corrected chi connectivity index (χ0v) is 12.5. The van der Waals surface area contributed by atoms with E-state index in [9.17, 15) is 0 Å². The molecular weight excluding hydrogens is 248 g/mol. The number of fused-ring (bicyclic) bond motifs is 1. The van der Waals surface area contributed by atoms with Crippen LogP contribution in [0, 0.1) is 6.92 Å². The molecule has 0 bridgehead atoms. The van der Waals surface area contributed by atoms with Crippen LogP contribution in [0.5, 0.6) is 5.75 Å². The van der Waals surface area contributed by atoms with E-state index >= 15 is 0 Å². The number of aryl methyl sites for hydroxylation is 1. The van der Waals surface area contributed by atoms with Gasteiger partial charge < -0.3 is 15.0 Å². The van der Waals surface area contributed by atoms with Crippen LogP contribution in [0.2, 0.25) is 0 Å². The average Bonchev–Trinajstić information content (AvgIpc) is 3.09. The Morgan fingerprint density at radius 3 is 2.85 bits per heavy atom. The minimum absolute atomic E-state index is 0.747. The third kappa shape index (κ3) is 2.68. The minimum atomic E-state index is 0.747. The number of methoxy groups -OCH3 is 1. The smallest absolute Gasteiger partial charge is 0.119 e. The van der Waals surface area contributed by atoms with E-state index in [1.54, 1.807) is 7.11 Å². The Morgan fingerprint density at radius 1 is 1.30 bits per heavy atom. The van der Waals surface area contributed by atoms with E-state index in [-0.39, 0.29) is 0 Å². The summed E-state index contributed by atoms with van der Waals surface area (Å²) >= 11 is 0. The van der Waals surface area contributed by atoms with E-state index in [1.165, 1.54) is 47.7 Å². The highest BCUT2D eigenvalue weighted by molar-refractivity contribution is 5.87. The Balaban J connectivity index is 1.72. The molecule has 3 rings (SSSR count). The van der Waals surface area contributed by atoms with Crippen LogP contribution in [0.15, 0.2) is 18.3 Å². The molecule has 1 aromatic heterocycles. The van der Waals surface area contributed by atoms with E-state index in [4.69, 9.17) is 4.74 Å². The van der Waals surface area contributed by atoms with Gasteiger partial charge in [-0.3, -0.25) is 0 Å². The molecule has 2 N–H and O–H groups in total. The van der Waals surface area contributed by atoms with E-state index in [0.29, 0.717) is 0 Å². The third-order valence-electron chi connectivity index (χ3n) is 4.46. The van der Waals surface area contributed by atoms with Gasteiger partial charge in [0.25, 0.3) is 0 Å². The maximum Gasteiger partial charge on any atom is 0.119 e. The molecule has 0 saturated heterocycles. The van der Waals surface area contributed by atoms with Gasteiger partial charge in [0.15, 0.2) is 0 Å². The summed E-state index contributed by atoms with van der Waals surface area (Å²) in [6.45, 7) is 3.19. The third-order valence-corrected chi connectivity index (χ3v) is 4.46. The standard InChI is InChI=1S/C17H24N2O/c1-12-9-15(20-2)10-16-13(11-19-17(12)16)7-8-18-14-5-3-4-6-14/h9-11,14,18-19H,3-8H2,1-2H3. The summed E-state index contributed by atoms with van der Waals surface area (Å²) in [7, 11) is 1.73. The molecule has 0 amide bonds. The molecule has 20 heavy (non-hydrogen) atoms. The maximum atomic E-state index is 5.38. The van der Waals surface area contributed by atoms with Crippen molar-refractivity contribution in [3.05, 3.63) is 29.5 Å². The summed E-state index contributed by atoms with van der Waals surface area (Å²) < 4.78 is 5.38. The predicted molar refractivity (Wildman–Crippen MR) is 83.6 cm³/mol. The molecule has 0 radical (unpaired) electrons. The first-order valence-corrected chi connectivity index (χ1v) is 7.66. The van der Waals surface area contributed by atoms with E-state index in [1.807, 2.05) is 0 Å². The fourth-order valence-corrected chi connectivity index (χ4v) is 3.30. The molecule has 1 aromatic carbocycles. The number of H-pyrrole nitrogens is 1. The van der Waals surface area contributed by atoms with Crippen molar-refractivity contribution >= 4 is 10.9 Å². The summed E-state index contributed by atoms with van der Waals surface area (Å²) in [6, 6.07) is 4.97. The molecule has 1 saturated carbocycles. The van der Waals surface area contributed by atoms with Gasteiger partial charge in [0.1, 0.15) is 5.75 Å². The second-order valence-electron chi connectivity index (χ2n) is 5.87. The van der Waals surface area contributed by atoms with Crippen LogP contribution in [0.3, 0.4) is 0 Å². The van der Waals surface area contributed by atoms with E-state index in [0.717, 1.165) is 24.8 Å². The van der Waals surface area contributed by atoms with Crippen molar-refractivity contribution in [2.75, 3.05) is 13.7 Å². The monoisotopic (exact) mass is 272 g/mol. The van der Waals surface area contributed by atoms with Crippen molar-refractivity contribution in [2.24, 2.45) is 0 Å². The summed E-state index contributed by atoms with van der Waals surface area (Å²) in [6.07, 6.45) is 8.69. The molecule has 3 heteroatoms. The number of benzene rings is 1. The van der Waals surface area contributed by atoms with Crippen LogP contribution in [0.4, 0.5) is 0 Å². The number of rotatable bonds is 5. The number of hydrogen-bond donors (Lipinski definition) is 2. The summed E-state index contributed by atoms with van der Waals surface area (Å²) in [5.74, 6) is 0.944. The molecule has 0 unspecified atom stereocenters. The van der Waals surface area contributed by atoms with Crippen molar-refractivity contribution in [2.45, 2.75) is 45.1 Å². The van der Waals surface area contributed by atoms with Crippen molar-refractivity contribution in [1.82, 2.24) is 10.3 Å². The first-order valence-electron chi connectivity index (χ1n) is 7.66. The molecule has 0 atom stereocenters. The van der Waals surface area contributed by atoms with Gasteiger partial charge in [-0.25, -0.2) is 0 Å². The van der Waals surface area contributed by atoms with E-state index < -0.39 is 0 Å². The highest BCUT2D eigenvalue weighted by atomic mass is 16.5. The number of hydrogen-bond acceptors (Lipinski definition) is 2. The predicted octanol–water partition coefficient (Wildman–Crippen LogP) is 3.56. The first kappa shape index (κ1) is 13.5. The molecule has 0 aliphatic heterocycles. The number of aromatic nitrogens is 1. The van der Waals surface area contributed by atoms with Crippen molar-refractivity contribution in [3.63, 3.8) is 0 Å². The van der Waals surface area contributed by atoms with Gasteiger partial charge in [-0.2, -0.15) is 0 Å².